The molecule has 0 fully saturated rings. The van der Waals surface area contributed by atoms with Crippen molar-refractivity contribution in [1.82, 2.24) is 0 Å². The van der Waals surface area contributed by atoms with Crippen molar-refractivity contribution >= 4 is 45.0 Å². The van der Waals surface area contributed by atoms with E-state index in [0.717, 1.165) is 11.3 Å². The van der Waals surface area contributed by atoms with Gasteiger partial charge >= 0.3 is 5.97 Å². The van der Waals surface area contributed by atoms with E-state index in [2.05, 4.69) is 5.32 Å². The van der Waals surface area contributed by atoms with Gasteiger partial charge in [0, 0.05) is 10.9 Å². The van der Waals surface area contributed by atoms with Crippen LogP contribution in [0.25, 0.3) is 11.0 Å². The smallest absolute Gasteiger partial charge is 0.341 e. The SMILES string of the molecule is COC(=O)c1c(NC(=O)Cc2coc3ccc(F)cc23)sc(C(C)=O)c1C. The lowest BCUT2D eigenvalue weighted by atomic mass is 10.1. The Labute approximate surface area is 157 Å². The second kappa shape index (κ2) is 7.32. The molecule has 0 aliphatic heterocycles. The Balaban J connectivity index is 1.89. The van der Waals surface area contributed by atoms with Gasteiger partial charge < -0.3 is 14.5 Å². The summed E-state index contributed by atoms with van der Waals surface area (Å²) in [6.07, 6.45) is 1.31. The third kappa shape index (κ3) is 3.61. The highest BCUT2D eigenvalue weighted by molar-refractivity contribution is 7.18. The molecular weight excluding hydrogens is 373 g/mol. The van der Waals surface area contributed by atoms with Gasteiger partial charge in [0.1, 0.15) is 16.4 Å². The number of anilines is 1. The monoisotopic (exact) mass is 389 g/mol. The molecule has 0 atom stereocenters. The molecule has 0 unspecified atom stereocenters. The number of carbonyl (C=O) groups is 3. The molecule has 3 aromatic rings. The number of methoxy groups -OCH3 is 1. The van der Waals surface area contributed by atoms with E-state index >= 15 is 0 Å². The number of thiophene rings is 1. The summed E-state index contributed by atoms with van der Waals surface area (Å²) in [6, 6.07) is 4.06. The highest BCUT2D eigenvalue weighted by Gasteiger charge is 2.25. The summed E-state index contributed by atoms with van der Waals surface area (Å²) in [4.78, 5) is 36.7. The quantitative estimate of drug-likeness (QED) is 0.524. The third-order valence-electron chi connectivity index (χ3n) is 4.08. The van der Waals surface area contributed by atoms with Crippen LogP contribution < -0.4 is 5.32 Å². The summed E-state index contributed by atoms with van der Waals surface area (Å²) < 4.78 is 23.5. The van der Waals surface area contributed by atoms with Crippen molar-refractivity contribution in [2.75, 3.05) is 12.4 Å². The van der Waals surface area contributed by atoms with Crippen LogP contribution in [0.1, 0.15) is 38.1 Å². The van der Waals surface area contributed by atoms with E-state index in [-0.39, 0.29) is 22.8 Å². The fraction of sp³-hybridized carbons (Fsp3) is 0.211. The average Bonchev–Trinajstić information content (AvgIpc) is 3.15. The summed E-state index contributed by atoms with van der Waals surface area (Å²) in [7, 11) is 1.23. The van der Waals surface area contributed by atoms with Crippen molar-refractivity contribution in [3.8, 4) is 0 Å². The molecule has 1 aromatic carbocycles. The van der Waals surface area contributed by atoms with Gasteiger partial charge in [0.2, 0.25) is 5.91 Å². The van der Waals surface area contributed by atoms with E-state index in [9.17, 15) is 18.8 Å². The zero-order valence-corrected chi connectivity index (χ0v) is 15.7. The number of hydrogen-bond donors (Lipinski definition) is 1. The predicted octanol–water partition coefficient (Wildman–Crippen LogP) is 4.11. The Bertz CT molecular complexity index is 1070. The van der Waals surface area contributed by atoms with E-state index in [4.69, 9.17) is 9.15 Å². The number of amides is 1. The van der Waals surface area contributed by atoms with Gasteiger partial charge in [-0.05, 0) is 37.6 Å². The number of halogens is 1. The second-order valence-corrected chi connectivity index (χ2v) is 6.96. The number of nitrogens with one attached hydrogen (secondary N) is 1. The molecule has 6 nitrogen and oxygen atoms in total. The number of esters is 1. The minimum Gasteiger partial charge on any atom is -0.465 e. The minimum absolute atomic E-state index is 0.0799. The molecule has 0 saturated heterocycles. The summed E-state index contributed by atoms with van der Waals surface area (Å²) >= 11 is 1.02. The normalized spacial score (nSPS) is 10.8. The highest BCUT2D eigenvalue weighted by Crippen LogP contribution is 2.34. The van der Waals surface area contributed by atoms with Crippen LogP contribution in [0.15, 0.2) is 28.9 Å². The minimum atomic E-state index is -0.637. The van der Waals surface area contributed by atoms with Gasteiger partial charge in [-0.2, -0.15) is 0 Å². The number of hydrogen-bond acceptors (Lipinski definition) is 6. The molecule has 0 saturated carbocycles. The van der Waals surface area contributed by atoms with Crippen LogP contribution >= 0.6 is 11.3 Å². The first-order valence-corrected chi connectivity index (χ1v) is 8.81. The maximum Gasteiger partial charge on any atom is 0.341 e. The molecule has 27 heavy (non-hydrogen) atoms. The van der Waals surface area contributed by atoms with Crippen LogP contribution in [-0.4, -0.2) is 24.8 Å². The molecule has 8 heteroatoms. The number of Topliss-reactive ketones (excluding diaryl/α,β-unsaturated/α-hetero) is 1. The second-order valence-electron chi connectivity index (χ2n) is 5.93. The van der Waals surface area contributed by atoms with Crippen LogP contribution in [0.3, 0.4) is 0 Å². The number of ketones is 1. The lowest BCUT2D eigenvalue weighted by Crippen LogP contribution is -2.16. The van der Waals surface area contributed by atoms with Gasteiger partial charge in [-0.15, -0.1) is 11.3 Å². The average molecular weight is 389 g/mol. The molecule has 0 radical (unpaired) electrons. The van der Waals surface area contributed by atoms with Crippen LogP contribution in [0.2, 0.25) is 0 Å². The van der Waals surface area contributed by atoms with Gasteiger partial charge in [0.15, 0.2) is 5.78 Å². The van der Waals surface area contributed by atoms with Crippen molar-refractivity contribution < 1.29 is 27.9 Å². The first-order valence-electron chi connectivity index (χ1n) is 8.00. The van der Waals surface area contributed by atoms with Crippen molar-refractivity contribution in [1.29, 1.82) is 0 Å². The lowest BCUT2D eigenvalue weighted by Gasteiger charge is -2.05. The summed E-state index contributed by atoms with van der Waals surface area (Å²) in [5.74, 6) is -1.70. The molecule has 140 valence electrons. The Kier molecular flexibility index (Phi) is 5.09. The van der Waals surface area contributed by atoms with E-state index < -0.39 is 17.7 Å². The van der Waals surface area contributed by atoms with Crippen molar-refractivity contribution in [3.63, 3.8) is 0 Å². The number of ether oxygens (including phenoxy) is 1. The summed E-state index contributed by atoms with van der Waals surface area (Å²) in [5, 5.41) is 3.40. The van der Waals surface area contributed by atoms with Gasteiger partial charge in [-0.1, -0.05) is 0 Å². The first-order chi connectivity index (χ1) is 12.8. The molecule has 2 aromatic heterocycles. The molecular formula is C19H16FNO5S. The molecule has 0 aliphatic rings. The molecule has 3 rings (SSSR count). The van der Waals surface area contributed by atoms with Crippen LogP contribution in [0.5, 0.6) is 0 Å². The third-order valence-corrected chi connectivity index (χ3v) is 5.38. The Morgan fingerprint density at radius 2 is 2.04 bits per heavy atom. The number of rotatable bonds is 5. The van der Waals surface area contributed by atoms with Gasteiger partial charge in [-0.25, -0.2) is 9.18 Å². The first kappa shape index (κ1) is 18.8. The summed E-state index contributed by atoms with van der Waals surface area (Å²) in [5.41, 5.74) is 1.61. The zero-order chi connectivity index (χ0) is 19.7. The number of fused-ring (bicyclic) bond motifs is 1. The Morgan fingerprint density at radius 3 is 2.70 bits per heavy atom. The molecule has 0 spiro atoms. The fourth-order valence-corrected chi connectivity index (χ4v) is 3.93. The van der Waals surface area contributed by atoms with Crippen LogP contribution in [0, 0.1) is 12.7 Å². The fourth-order valence-electron chi connectivity index (χ4n) is 2.82. The van der Waals surface area contributed by atoms with E-state index in [1.54, 1.807) is 6.92 Å². The van der Waals surface area contributed by atoms with Gasteiger partial charge in [-0.3, -0.25) is 9.59 Å². The van der Waals surface area contributed by atoms with Crippen LogP contribution in [0.4, 0.5) is 9.39 Å². The zero-order valence-electron chi connectivity index (χ0n) is 14.8. The highest BCUT2D eigenvalue weighted by atomic mass is 32.1. The van der Waals surface area contributed by atoms with E-state index in [1.807, 2.05) is 0 Å². The van der Waals surface area contributed by atoms with Crippen molar-refractivity contribution in [3.05, 3.63) is 51.8 Å². The van der Waals surface area contributed by atoms with E-state index in [1.165, 1.54) is 38.5 Å². The number of benzene rings is 1. The number of carbonyl (C=O) groups excluding carboxylic acids is 3. The summed E-state index contributed by atoms with van der Waals surface area (Å²) in [6.45, 7) is 3.01. The molecule has 2 heterocycles. The number of furan rings is 1. The molecule has 1 amide bonds. The molecule has 1 N–H and O–H groups in total. The van der Waals surface area contributed by atoms with Gasteiger partial charge in [0.05, 0.1) is 30.2 Å². The largest absolute Gasteiger partial charge is 0.465 e. The maximum atomic E-state index is 13.5. The lowest BCUT2D eigenvalue weighted by molar-refractivity contribution is -0.115. The topological polar surface area (TPSA) is 85.6 Å². The Morgan fingerprint density at radius 1 is 1.30 bits per heavy atom. The van der Waals surface area contributed by atoms with Crippen molar-refractivity contribution in [2.24, 2.45) is 0 Å². The van der Waals surface area contributed by atoms with Crippen LogP contribution in [-0.2, 0) is 16.0 Å². The Hall–Kier alpha value is -3.00. The maximum absolute atomic E-state index is 13.5. The molecule has 0 bridgehead atoms. The van der Waals surface area contributed by atoms with E-state index in [0.29, 0.717) is 27.0 Å². The van der Waals surface area contributed by atoms with Crippen molar-refractivity contribution in [2.45, 2.75) is 20.3 Å². The predicted molar refractivity (Wildman–Crippen MR) is 98.9 cm³/mol. The molecule has 0 aliphatic carbocycles. The standard InChI is InChI=1S/C19H16FNO5S/c1-9-16(19(24)25-3)18(27-17(9)10(2)22)21-15(23)6-11-8-26-14-5-4-12(20)7-13(11)14/h4-5,7-8H,6H2,1-3H3,(H,21,23). The van der Waals surface area contributed by atoms with Gasteiger partial charge in [0.25, 0.3) is 0 Å².